The van der Waals surface area contributed by atoms with Crippen molar-refractivity contribution in [3.63, 3.8) is 0 Å². The number of fused-ring (bicyclic) bond motifs is 5. The largest absolute Gasteiger partial charge is 0.466 e. The van der Waals surface area contributed by atoms with E-state index in [1.165, 1.54) is 0 Å². The molecule has 164 valence electrons. The van der Waals surface area contributed by atoms with E-state index in [1.54, 1.807) is 31.4 Å². The van der Waals surface area contributed by atoms with Gasteiger partial charge in [0.2, 0.25) is 5.65 Å². The van der Waals surface area contributed by atoms with Crippen molar-refractivity contribution >= 4 is 24.6 Å². The Morgan fingerprint density at radius 1 is 1.19 bits per heavy atom. The van der Waals surface area contributed by atoms with E-state index in [0.29, 0.717) is 18.7 Å². The fourth-order valence-corrected chi connectivity index (χ4v) is 5.40. The summed E-state index contributed by atoms with van der Waals surface area (Å²) in [5.41, 5.74) is 3.89. The Kier molecular flexibility index (Phi) is 5.83. The fourth-order valence-electron chi connectivity index (χ4n) is 3.91. The second-order valence-corrected chi connectivity index (χ2v) is 8.97. The van der Waals surface area contributed by atoms with E-state index >= 15 is 0 Å². The van der Waals surface area contributed by atoms with Crippen LogP contribution in [0.3, 0.4) is 0 Å². The van der Waals surface area contributed by atoms with Crippen molar-refractivity contribution in [3.05, 3.63) is 51.6 Å². The van der Waals surface area contributed by atoms with Crippen molar-refractivity contribution in [1.29, 1.82) is 0 Å². The van der Waals surface area contributed by atoms with Gasteiger partial charge in [-0.2, -0.15) is 0 Å². The van der Waals surface area contributed by atoms with E-state index < -0.39 is 13.2 Å². The third kappa shape index (κ3) is 3.73. The highest BCUT2D eigenvalue weighted by molar-refractivity contribution is 7.61. The topological polar surface area (TPSA) is 112 Å². The Hall–Kier alpha value is -2.74. The van der Waals surface area contributed by atoms with Gasteiger partial charge in [-0.25, -0.2) is 4.98 Å². The second kappa shape index (κ2) is 8.42. The molecule has 10 heteroatoms. The summed E-state index contributed by atoms with van der Waals surface area (Å²) in [5, 5.41) is 0. The van der Waals surface area contributed by atoms with Gasteiger partial charge >= 0.3 is 13.6 Å². The molecule has 0 bridgehead atoms. The van der Waals surface area contributed by atoms with Crippen molar-refractivity contribution in [2.45, 2.75) is 33.6 Å². The molecule has 0 saturated carbocycles. The maximum atomic E-state index is 13.2. The average molecular weight is 445 g/mol. The number of carbonyl (C=O) groups excluding carboxylic acids is 1. The van der Waals surface area contributed by atoms with Gasteiger partial charge in [0, 0.05) is 18.2 Å². The summed E-state index contributed by atoms with van der Waals surface area (Å²) in [6.45, 7) is 5.88. The van der Waals surface area contributed by atoms with E-state index in [9.17, 15) is 14.2 Å². The summed E-state index contributed by atoms with van der Waals surface area (Å²) in [7, 11) is -3.64. The predicted octanol–water partition coefficient (Wildman–Crippen LogP) is 2.59. The lowest BCUT2D eigenvalue weighted by atomic mass is 10.0. The minimum absolute atomic E-state index is 0.0952. The smallest absolute Gasteiger partial charge is 0.381 e. The van der Waals surface area contributed by atoms with Crippen LogP contribution in [0.5, 0.6) is 0 Å². The van der Waals surface area contributed by atoms with Gasteiger partial charge in [-0.1, -0.05) is 18.2 Å². The van der Waals surface area contributed by atoms with Crippen LogP contribution in [0, 0.1) is 0 Å². The SMILES string of the molecule is CCOC(=O)Cc1cccc2c1Cc1c-2[nH]c(=O)c2nc(P(=O)(OCC)OCC)cn12. The van der Waals surface area contributed by atoms with E-state index in [0.717, 1.165) is 22.4 Å². The third-order valence-corrected chi connectivity index (χ3v) is 7.09. The first-order chi connectivity index (χ1) is 14.9. The van der Waals surface area contributed by atoms with E-state index in [2.05, 4.69) is 9.97 Å². The van der Waals surface area contributed by atoms with Crippen LogP contribution in [0.4, 0.5) is 0 Å². The van der Waals surface area contributed by atoms with Gasteiger partial charge in [-0.3, -0.25) is 18.6 Å². The average Bonchev–Trinajstić information content (AvgIpc) is 3.32. The molecular weight excluding hydrogens is 421 g/mol. The molecule has 0 atom stereocenters. The van der Waals surface area contributed by atoms with Crippen LogP contribution >= 0.6 is 7.60 Å². The van der Waals surface area contributed by atoms with Crippen molar-refractivity contribution in [2.24, 2.45) is 0 Å². The zero-order valence-corrected chi connectivity index (χ0v) is 18.5. The fraction of sp³-hybridized carbons (Fsp3) is 0.381. The molecule has 31 heavy (non-hydrogen) atoms. The molecule has 0 unspecified atom stereocenters. The molecule has 0 spiro atoms. The number of aromatic nitrogens is 3. The maximum absolute atomic E-state index is 13.2. The molecule has 0 fully saturated rings. The number of carbonyl (C=O) groups is 1. The Balaban J connectivity index is 1.83. The summed E-state index contributed by atoms with van der Waals surface area (Å²) in [4.78, 5) is 32.0. The van der Waals surface area contributed by atoms with Crippen molar-refractivity contribution < 1.29 is 23.1 Å². The number of nitrogens with one attached hydrogen (secondary N) is 1. The molecule has 0 aliphatic heterocycles. The number of esters is 1. The summed E-state index contributed by atoms with van der Waals surface area (Å²) < 4.78 is 30.7. The number of benzene rings is 1. The van der Waals surface area contributed by atoms with Gasteiger partial charge in [-0.05, 0) is 31.9 Å². The van der Waals surface area contributed by atoms with Gasteiger partial charge in [-0.15, -0.1) is 0 Å². The number of nitrogens with zero attached hydrogens (tertiary/aromatic N) is 2. The van der Waals surface area contributed by atoms with Crippen LogP contribution in [-0.4, -0.2) is 40.2 Å². The predicted molar refractivity (Wildman–Crippen MR) is 115 cm³/mol. The van der Waals surface area contributed by atoms with Crippen molar-refractivity contribution in [2.75, 3.05) is 19.8 Å². The summed E-state index contributed by atoms with van der Waals surface area (Å²) >= 11 is 0. The minimum atomic E-state index is -3.64. The lowest BCUT2D eigenvalue weighted by molar-refractivity contribution is -0.142. The Bertz CT molecular complexity index is 1250. The number of rotatable bonds is 8. The minimum Gasteiger partial charge on any atom is -0.466 e. The zero-order chi connectivity index (χ0) is 22.2. The quantitative estimate of drug-likeness (QED) is 0.328. The van der Waals surface area contributed by atoms with Gasteiger partial charge in [0.1, 0.15) is 0 Å². The van der Waals surface area contributed by atoms with Crippen molar-refractivity contribution in [3.8, 4) is 11.3 Å². The van der Waals surface area contributed by atoms with E-state index in [1.807, 2.05) is 18.2 Å². The van der Waals surface area contributed by atoms with Crippen LogP contribution < -0.4 is 11.0 Å². The first-order valence-electron chi connectivity index (χ1n) is 10.2. The number of hydrogen-bond donors (Lipinski definition) is 1. The van der Waals surface area contributed by atoms with Gasteiger partial charge in [0.15, 0.2) is 5.44 Å². The number of hydrogen-bond acceptors (Lipinski definition) is 7. The van der Waals surface area contributed by atoms with Crippen molar-refractivity contribution in [1.82, 2.24) is 14.4 Å². The number of aromatic amines is 1. The van der Waals surface area contributed by atoms with Crippen LogP contribution in [-0.2, 0) is 36.0 Å². The molecule has 0 saturated heterocycles. The monoisotopic (exact) mass is 445 g/mol. The van der Waals surface area contributed by atoms with Crippen LogP contribution in [0.1, 0.15) is 37.6 Å². The van der Waals surface area contributed by atoms with Crippen LogP contribution in [0.25, 0.3) is 16.9 Å². The van der Waals surface area contributed by atoms with E-state index in [4.69, 9.17) is 13.8 Å². The molecule has 2 aromatic heterocycles. The summed E-state index contributed by atoms with van der Waals surface area (Å²) in [6, 6.07) is 5.64. The molecule has 0 amide bonds. The number of H-pyrrole nitrogens is 1. The highest BCUT2D eigenvalue weighted by Crippen LogP contribution is 2.46. The standard InChI is InChI=1S/C21H24N3O6P/c1-4-28-18(25)10-13-8-7-9-14-15(13)11-16-19(14)23-21(26)20-22-17(12-24(16)20)31(27,29-5-2)30-6-3/h7-9,12H,4-6,10-11H2,1-3H3,(H,23,26). The maximum Gasteiger partial charge on any atom is 0.381 e. The number of imidazole rings is 1. The molecule has 9 nitrogen and oxygen atoms in total. The molecule has 1 N–H and O–H groups in total. The van der Waals surface area contributed by atoms with Gasteiger partial charge in [0.05, 0.1) is 37.6 Å². The van der Waals surface area contributed by atoms with E-state index in [-0.39, 0.29) is 36.7 Å². The molecule has 0 radical (unpaired) electrons. The Morgan fingerprint density at radius 2 is 1.94 bits per heavy atom. The molecule has 1 aliphatic rings. The molecule has 1 aliphatic carbocycles. The first kappa shape index (κ1) is 21.5. The molecule has 2 heterocycles. The Labute approximate surface area is 178 Å². The molecular formula is C21H24N3O6P. The van der Waals surface area contributed by atoms with Crippen LogP contribution in [0.15, 0.2) is 29.2 Å². The molecule has 3 aromatic rings. The molecule has 4 rings (SSSR count). The normalized spacial score (nSPS) is 12.7. The third-order valence-electron chi connectivity index (χ3n) is 5.12. The summed E-state index contributed by atoms with van der Waals surface area (Å²) in [5.74, 6) is -0.301. The molecule has 1 aromatic carbocycles. The van der Waals surface area contributed by atoms with Crippen LogP contribution in [0.2, 0.25) is 0 Å². The Morgan fingerprint density at radius 3 is 2.61 bits per heavy atom. The summed E-state index contributed by atoms with van der Waals surface area (Å²) in [6.07, 6.45) is 2.18. The van der Waals surface area contributed by atoms with Gasteiger partial charge < -0.3 is 18.8 Å². The zero-order valence-electron chi connectivity index (χ0n) is 17.6. The highest BCUT2D eigenvalue weighted by Gasteiger charge is 2.33. The lowest BCUT2D eigenvalue weighted by Gasteiger charge is -2.13. The second-order valence-electron chi connectivity index (χ2n) is 7.00. The first-order valence-corrected chi connectivity index (χ1v) is 11.8. The lowest BCUT2D eigenvalue weighted by Crippen LogP contribution is -2.14. The number of ether oxygens (including phenoxy) is 1. The van der Waals surface area contributed by atoms with Gasteiger partial charge in [0.25, 0.3) is 5.56 Å². The highest BCUT2D eigenvalue weighted by atomic mass is 31.2.